The van der Waals surface area contributed by atoms with Crippen LogP contribution in [0.5, 0.6) is 0 Å². The van der Waals surface area contributed by atoms with E-state index in [1.54, 1.807) is 11.7 Å². The number of anilines is 1. The second-order valence-electron chi connectivity index (χ2n) is 5.19. The van der Waals surface area contributed by atoms with Gasteiger partial charge >= 0.3 is 0 Å². The summed E-state index contributed by atoms with van der Waals surface area (Å²) in [6, 6.07) is 0.256. The highest BCUT2D eigenvalue weighted by Crippen LogP contribution is 2.30. The minimum atomic E-state index is -0.0918. The van der Waals surface area contributed by atoms with E-state index in [4.69, 9.17) is 5.73 Å². The smallest absolute Gasteiger partial charge is 0.271 e. The maximum Gasteiger partial charge on any atom is 0.271 e. The van der Waals surface area contributed by atoms with Crippen LogP contribution in [0.1, 0.15) is 49.3 Å². The lowest BCUT2D eigenvalue weighted by Crippen LogP contribution is -2.39. The van der Waals surface area contributed by atoms with Crippen molar-refractivity contribution in [1.29, 1.82) is 0 Å². The SMILES string of the molecule is CCSC1CCCC1NC(=O)c1c(N)c(CC)nn1C. The first kappa shape index (κ1) is 15.2. The van der Waals surface area contributed by atoms with E-state index in [0.717, 1.165) is 24.3 Å². The van der Waals surface area contributed by atoms with Crippen LogP contribution >= 0.6 is 11.8 Å². The van der Waals surface area contributed by atoms with E-state index < -0.39 is 0 Å². The van der Waals surface area contributed by atoms with Crippen LogP contribution in [0.25, 0.3) is 0 Å². The lowest BCUT2D eigenvalue weighted by Gasteiger charge is -2.20. The monoisotopic (exact) mass is 296 g/mol. The Morgan fingerprint density at radius 2 is 2.25 bits per heavy atom. The molecule has 0 spiro atoms. The summed E-state index contributed by atoms with van der Waals surface area (Å²) in [4.78, 5) is 12.5. The average molecular weight is 296 g/mol. The largest absolute Gasteiger partial charge is 0.395 e. The molecule has 1 heterocycles. The minimum absolute atomic E-state index is 0.0918. The molecule has 20 heavy (non-hydrogen) atoms. The maximum atomic E-state index is 12.5. The molecule has 5 nitrogen and oxygen atoms in total. The van der Waals surface area contributed by atoms with Crippen LogP contribution in [0.4, 0.5) is 5.69 Å². The van der Waals surface area contributed by atoms with Gasteiger partial charge in [0.1, 0.15) is 5.69 Å². The van der Waals surface area contributed by atoms with Crippen LogP contribution in [0.2, 0.25) is 0 Å². The normalized spacial score (nSPS) is 22.1. The highest BCUT2D eigenvalue weighted by molar-refractivity contribution is 7.99. The number of nitrogens with two attached hydrogens (primary N) is 1. The third-order valence-electron chi connectivity index (χ3n) is 3.86. The summed E-state index contributed by atoms with van der Waals surface area (Å²) in [5.74, 6) is 0.996. The Bertz CT molecular complexity index is 486. The molecule has 1 aliphatic rings. The molecule has 1 amide bonds. The van der Waals surface area contributed by atoms with Crippen LogP contribution in [-0.2, 0) is 13.5 Å². The van der Waals surface area contributed by atoms with Crippen molar-refractivity contribution in [2.24, 2.45) is 7.05 Å². The van der Waals surface area contributed by atoms with Crippen molar-refractivity contribution in [1.82, 2.24) is 15.1 Å². The van der Waals surface area contributed by atoms with Crippen LogP contribution in [0.3, 0.4) is 0 Å². The van der Waals surface area contributed by atoms with Crippen molar-refractivity contribution < 1.29 is 4.79 Å². The Morgan fingerprint density at radius 3 is 2.85 bits per heavy atom. The summed E-state index contributed by atoms with van der Waals surface area (Å²) in [5, 5.41) is 7.99. The summed E-state index contributed by atoms with van der Waals surface area (Å²) in [7, 11) is 1.78. The van der Waals surface area contributed by atoms with Gasteiger partial charge in [-0.3, -0.25) is 9.48 Å². The predicted octanol–water partition coefficient (Wildman–Crippen LogP) is 1.97. The molecule has 3 N–H and O–H groups in total. The third-order valence-corrected chi connectivity index (χ3v) is 5.19. The third kappa shape index (κ3) is 2.95. The Kier molecular flexibility index (Phi) is 4.96. The van der Waals surface area contributed by atoms with Gasteiger partial charge in [-0.2, -0.15) is 16.9 Å². The molecule has 2 rings (SSSR count). The topological polar surface area (TPSA) is 72.9 Å². The molecule has 0 aliphatic heterocycles. The first-order valence-electron chi connectivity index (χ1n) is 7.32. The first-order valence-corrected chi connectivity index (χ1v) is 8.37. The van der Waals surface area contributed by atoms with E-state index in [9.17, 15) is 4.79 Å². The molecule has 1 fully saturated rings. The van der Waals surface area contributed by atoms with Crippen LogP contribution < -0.4 is 11.1 Å². The number of aryl methyl sites for hydroxylation is 2. The molecule has 1 aromatic rings. The molecule has 0 aromatic carbocycles. The number of hydrogen-bond acceptors (Lipinski definition) is 4. The number of carbonyl (C=O) groups excluding carboxylic acids is 1. The first-order chi connectivity index (χ1) is 9.58. The number of rotatable bonds is 5. The van der Waals surface area contributed by atoms with E-state index in [1.165, 1.54) is 12.8 Å². The Balaban J connectivity index is 2.10. The quantitative estimate of drug-likeness (QED) is 0.871. The van der Waals surface area contributed by atoms with E-state index in [0.29, 0.717) is 16.6 Å². The minimum Gasteiger partial charge on any atom is -0.395 e. The number of thioether (sulfide) groups is 1. The zero-order valence-corrected chi connectivity index (χ0v) is 13.3. The van der Waals surface area contributed by atoms with Gasteiger partial charge in [0.05, 0.1) is 11.4 Å². The Morgan fingerprint density at radius 1 is 1.50 bits per heavy atom. The summed E-state index contributed by atoms with van der Waals surface area (Å²) < 4.78 is 1.60. The van der Waals surface area contributed by atoms with Gasteiger partial charge in [-0.1, -0.05) is 20.3 Å². The van der Waals surface area contributed by atoms with Crippen molar-refractivity contribution in [3.8, 4) is 0 Å². The van der Waals surface area contributed by atoms with Crippen LogP contribution in [0, 0.1) is 0 Å². The molecule has 2 atom stereocenters. The number of nitrogen functional groups attached to an aromatic ring is 1. The van der Waals surface area contributed by atoms with Gasteiger partial charge < -0.3 is 11.1 Å². The Labute approximate surface area is 124 Å². The molecule has 0 saturated heterocycles. The molecular formula is C14H24N4OS. The van der Waals surface area contributed by atoms with Gasteiger partial charge in [0.2, 0.25) is 0 Å². The van der Waals surface area contributed by atoms with Crippen molar-refractivity contribution >= 4 is 23.4 Å². The number of hydrogen-bond donors (Lipinski definition) is 2. The number of carbonyl (C=O) groups is 1. The zero-order valence-electron chi connectivity index (χ0n) is 12.5. The van der Waals surface area contributed by atoms with E-state index in [-0.39, 0.29) is 11.9 Å². The second-order valence-corrected chi connectivity index (χ2v) is 6.71. The van der Waals surface area contributed by atoms with Crippen LogP contribution in [0.15, 0.2) is 0 Å². The predicted molar refractivity (Wildman–Crippen MR) is 84.0 cm³/mol. The summed E-state index contributed by atoms with van der Waals surface area (Å²) >= 11 is 1.93. The molecule has 1 saturated carbocycles. The molecule has 112 valence electrons. The fourth-order valence-corrected chi connectivity index (χ4v) is 4.07. The molecule has 0 radical (unpaired) electrons. The summed E-state index contributed by atoms with van der Waals surface area (Å²) in [6.07, 6.45) is 4.17. The van der Waals surface area contributed by atoms with Gasteiger partial charge in [-0.25, -0.2) is 0 Å². The fourth-order valence-electron chi connectivity index (χ4n) is 2.87. The summed E-state index contributed by atoms with van der Waals surface area (Å²) in [5.41, 5.74) is 7.84. The van der Waals surface area contributed by atoms with E-state index in [1.807, 2.05) is 18.7 Å². The molecule has 1 aromatic heterocycles. The molecule has 6 heteroatoms. The van der Waals surface area contributed by atoms with Crippen molar-refractivity contribution in [2.45, 2.75) is 50.8 Å². The molecular weight excluding hydrogens is 272 g/mol. The van der Waals surface area contributed by atoms with Gasteiger partial charge in [-0.05, 0) is 25.0 Å². The van der Waals surface area contributed by atoms with E-state index >= 15 is 0 Å². The average Bonchev–Trinajstić information content (AvgIpc) is 2.95. The maximum absolute atomic E-state index is 12.5. The van der Waals surface area contributed by atoms with Gasteiger partial charge in [0.15, 0.2) is 0 Å². The number of nitrogens with zero attached hydrogens (tertiary/aromatic N) is 2. The number of aromatic nitrogens is 2. The lowest BCUT2D eigenvalue weighted by atomic mass is 10.2. The fraction of sp³-hybridized carbons (Fsp3) is 0.714. The highest BCUT2D eigenvalue weighted by atomic mass is 32.2. The standard InChI is InChI=1S/C14H24N4OS/c1-4-9-12(15)13(18(3)17-9)14(19)16-10-7-6-8-11(10)20-5-2/h10-11H,4-8,15H2,1-3H3,(H,16,19). The molecule has 1 aliphatic carbocycles. The Hall–Kier alpha value is -1.17. The molecule has 0 bridgehead atoms. The van der Waals surface area contributed by atoms with Gasteiger partial charge in [0, 0.05) is 18.3 Å². The zero-order chi connectivity index (χ0) is 14.7. The number of nitrogens with one attached hydrogen (secondary N) is 1. The van der Waals surface area contributed by atoms with Crippen molar-refractivity contribution in [3.05, 3.63) is 11.4 Å². The lowest BCUT2D eigenvalue weighted by molar-refractivity contribution is 0.0930. The summed E-state index contributed by atoms with van der Waals surface area (Å²) in [6.45, 7) is 4.15. The van der Waals surface area contributed by atoms with Crippen molar-refractivity contribution in [2.75, 3.05) is 11.5 Å². The second kappa shape index (κ2) is 6.52. The van der Waals surface area contributed by atoms with Gasteiger partial charge in [-0.15, -0.1) is 0 Å². The van der Waals surface area contributed by atoms with Crippen molar-refractivity contribution in [3.63, 3.8) is 0 Å². The van der Waals surface area contributed by atoms with E-state index in [2.05, 4.69) is 17.3 Å². The van der Waals surface area contributed by atoms with Crippen LogP contribution in [-0.4, -0.2) is 32.7 Å². The molecule has 2 unspecified atom stereocenters. The number of amides is 1. The van der Waals surface area contributed by atoms with Gasteiger partial charge in [0.25, 0.3) is 5.91 Å². The highest BCUT2D eigenvalue weighted by Gasteiger charge is 2.30.